The van der Waals surface area contributed by atoms with E-state index in [0.29, 0.717) is 11.2 Å². The number of rotatable bonds is 5. The van der Waals surface area contributed by atoms with Crippen molar-refractivity contribution in [3.63, 3.8) is 0 Å². The zero-order chi connectivity index (χ0) is 21.1. The Morgan fingerprint density at radius 1 is 1.13 bits per heavy atom. The Kier molecular flexibility index (Phi) is 6.48. The Labute approximate surface area is 179 Å². The fourth-order valence-electron chi connectivity index (χ4n) is 5.67. The summed E-state index contributed by atoms with van der Waals surface area (Å²) in [7, 11) is 1.50. The summed E-state index contributed by atoms with van der Waals surface area (Å²) < 4.78 is 5.30. The van der Waals surface area contributed by atoms with Crippen molar-refractivity contribution in [3.05, 3.63) is 27.8 Å². The van der Waals surface area contributed by atoms with Gasteiger partial charge in [0.25, 0.3) is 0 Å². The molecule has 30 heavy (non-hydrogen) atoms. The van der Waals surface area contributed by atoms with Crippen LogP contribution in [0.3, 0.4) is 0 Å². The van der Waals surface area contributed by atoms with Crippen molar-refractivity contribution in [2.75, 3.05) is 57.8 Å². The van der Waals surface area contributed by atoms with E-state index in [0.717, 1.165) is 30.3 Å². The molecule has 166 valence electrons. The third kappa shape index (κ3) is 4.57. The Morgan fingerprint density at radius 2 is 1.77 bits per heavy atom. The molecule has 1 aromatic rings. The van der Waals surface area contributed by atoms with Gasteiger partial charge in [-0.3, -0.25) is 10.1 Å². The Bertz CT molecular complexity index is 745. The van der Waals surface area contributed by atoms with E-state index in [1.807, 2.05) is 13.0 Å². The van der Waals surface area contributed by atoms with Crippen molar-refractivity contribution in [2.45, 2.75) is 45.4 Å². The number of nitrogens with zero attached hydrogens (tertiary/aromatic N) is 3. The van der Waals surface area contributed by atoms with E-state index < -0.39 is 0 Å². The van der Waals surface area contributed by atoms with Crippen molar-refractivity contribution in [1.82, 2.24) is 10.2 Å². The number of nitro groups is 1. The van der Waals surface area contributed by atoms with E-state index in [-0.39, 0.29) is 10.6 Å². The van der Waals surface area contributed by atoms with E-state index in [2.05, 4.69) is 15.1 Å². The van der Waals surface area contributed by atoms with E-state index >= 15 is 0 Å². The minimum Gasteiger partial charge on any atom is -0.490 e. The molecule has 7 heteroatoms. The molecule has 0 saturated carbocycles. The highest BCUT2D eigenvalue weighted by Gasteiger charge is 2.38. The SMILES string of the molecule is COc1cc(N2CCC3(CCN(CC4CCNCC4)CC3)CC2)c(C)cc1[N+](=O)[O-]. The molecule has 3 aliphatic heterocycles. The van der Waals surface area contributed by atoms with Gasteiger partial charge in [0.1, 0.15) is 0 Å². The number of anilines is 1. The monoisotopic (exact) mass is 416 g/mol. The van der Waals surface area contributed by atoms with E-state index in [1.165, 1.54) is 78.4 Å². The predicted molar refractivity (Wildman–Crippen MR) is 120 cm³/mol. The van der Waals surface area contributed by atoms with Gasteiger partial charge in [-0.1, -0.05) is 0 Å². The van der Waals surface area contributed by atoms with Gasteiger partial charge in [0, 0.05) is 37.5 Å². The van der Waals surface area contributed by atoms with Gasteiger partial charge in [0.05, 0.1) is 12.0 Å². The molecule has 0 aromatic heterocycles. The average Bonchev–Trinajstić information content (AvgIpc) is 2.77. The number of methoxy groups -OCH3 is 1. The van der Waals surface area contributed by atoms with Crippen LogP contribution in [-0.4, -0.2) is 62.7 Å². The summed E-state index contributed by atoms with van der Waals surface area (Å²) in [6, 6.07) is 3.50. The highest BCUT2D eigenvalue weighted by molar-refractivity contribution is 5.64. The van der Waals surface area contributed by atoms with Crippen molar-refractivity contribution in [2.24, 2.45) is 11.3 Å². The first kappa shape index (κ1) is 21.4. The molecule has 0 radical (unpaired) electrons. The standard InChI is InChI=1S/C23H36N4O3/c1-18-15-21(27(28)29)22(30-2)16-20(18)26-13-7-23(8-14-26)5-11-25(12-6-23)17-19-3-9-24-10-4-19/h15-16,19,24H,3-14,17H2,1-2H3. The maximum absolute atomic E-state index is 11.3. The van der Waals surface area contributed by atoms with Crippen LogP contribution in [0.5, 0.6) is 5.75 Å². The number of piperidine rings is 3. The largest absolute Gasteiger partial charge is 0.490 e. The Hall–Kier alpha value is -1.86. The summed E-state index contributed by atoms with van der Waals surface area (Å²) in [5, 5.41) is 14.8. The molecule has 0 aliphatic carbocycles. The minimum atomic E-state index is -0.363. The molecule has 4 rings (SSSR count). The molecule has 1 aromatic carbocycles. The van der Waals surface area contributed by atoms with E-state index in [4.69, 9.17) is 4.74 Å². The third-order valence-electron chi connectivity index (χ3n) is 7.75. The second-order valence-electron chi connectivity index (χ2n) is 9.55. The number of hydrogen-bond acceptors (Lipinski definition) is 6. The molecule has 3 saturated heterocycles. The number of nitro benzene ring substituents is 1. The second-order valence-corrected chi connectivity index (χ2v) is 9.55. The summed E-state index contributed by atoms with van der Waals surface area (Å²) >= 11 is 0. The normalized spacial score (nSPS) is 22.9. The average molecular weight is 417 g/mol. The lowest BCUT2D eigenvalue weighted by molar-refractivity contribution is -0.385. The lowest BCUT2D eigenvalue weighted by Crippen LogP contribution is -2.48. The molecular weight excluding hydrogens is 380 g/mol. The number of ether oxygens (including phenoxy) is 1. The van der Waals surface area contributed by atoms with Crippen molar-refractivity contribution < 1.29 is 9.66 Å². The molecule has 1 N–H and O–H groups in total. The predicted octanol–water partition coefficient (Wildman–Crippen LogP) is 3.59. The maximum atomic E-state index is 11.3. The highest BCUT2D eigenvalue weighted by Crippen LogP contribution is 2.44. The van der Waals surface area contributed by atoms with Gasteiger partial charge in [0.2, 0.25) is 0 Å². The van der Waals surface area contributed by atoms with Crippen LogP contribution < -0.4 is 15.0 Å². The van der Waals surface area contributed by atoms with Crippen molar-refractivity contribution in [3.8, 4) is 5.75 Å². The lowest BCUT2D eigenvalue weighted by atomic mass is 9.71. The van der Waals surface area contributed by atoms with Crippen LogP contribution in [0.2, 0.25) is 0 Å². The van der Waals surface area contributed by atoms with Gasteiger partial charge in [-0.2, -0.15) is 0 Å². The number of aryl methyl sites for hydroxylation is 1. The molecule has 1 spiro atoms. The molecule has 3 aliphatic rings. The summed E-state index contributed by atoms with van der Waals surface area (Å²) in [4.78, 5) is 16.0. The van der Waals surface area contributed by atoms with Gasteiger partial charge in [-0.25, -0.2) is 0 Å². The highest BCUT2D eigenvalue weighted by atomic mass is 16.6. The van der Waals surface area contributed by atoms with Crippen LogP contribution in [0, 0.1) is 28.4 Å². The third-order valence-corrected chi connectivity index (χ3v) is 7.75. The van der Waals surface area contributed by atoms with Crippen LogP contribution in [-0.2, 0) is 0 Å². The first-order chi connectivity index (χ1) is 14.5. The van der Waals surface area contributed by atoms with Gasteiger partial charge in [0.15, 0.2) is 5.75 Å². The summed E-state index contributed by atoms with van der Waals surface area (Å²) in [6.45, 7) is 10.2. The molecule has 0 bridgehead atoms. The summed E-state index contributed by atoms with van der Waals surface area (Å²) in [5.74, 6) is 1.23. The van der Waals surface area contributed by atoms with Crippen LogP contribution in [0.15, 0.2) is 12.1 Å². The van der Waals surface area contributed by atoms with Gasteiger partial charge in [-0.15, -0.1) is 0 Å². The second kappa shape index (κ2) is 9.10. The zero-order valence-corrected chi connectivity index (χ0v) is 18.5. The molecule has 0 atom stereocenters. The number of benzene rings is 1. The minimum absolute atomic E-state index is 0.0494. The smallest absolute Gasteiger partial charge is 0.311 e. The summed E-state index contributed by atoms with van der Waals surface area (Å²) in [5.41, 5.74) is 2.57. The molecule has 7 nitrogen and oxygen atoms in total. The van der Waals surface area contributed by atoms with Gasteiger partial charge >= 0.3 is 5.69 Å². The van der Waals surface area contributed by atoms with Crippen LogP contribution in [0.1, 0.15) is 44.1 Å². The number of likely N-dealkylation sites (tertiary alicyclic amines) is 1. The molecular formula is C23H36N4O3. The number of hydrogen-bond donors (Lipinski definition) is 1. The first-order valence-corrected chi connectivity index (χ1v) is 11.5. The Balaban J connectivity index is 1.33. The van der Waals surface area contributed by atoms with Crippen LogP contribution >= 0.6 is 0 Å². The van der Waals surface area contributed by atoms with Crippen LogP contribution in [0.4, 0.5) is 11.4 Å². The Morgan fingerprint density at radius 3 is 2.37 bits per heavy atom. The van der Waals surface area contributed by atoms with E-state index in [9.17, 15) is 10.1 Å². The van der Waals surface area contributed by atoms with Crippen LogP contribution in [0.25, 0.3) is 0 Å². The van der Waals surface area contributed by atoms with Gasteiger partial charge < -0.3 is 19.9 Å². The summed E-state index contributed by atoms with van der Waals surface area (Å²) in [6.07, 6.45) is 7.71. The first-order valence-electron chi connectivity index (χ1n) is 11.5. The fraction of sp³-hybridized carbons (Fsp3) is 0.739. The maximum Gasteiger partial charge on any atom is 0.311 e. The van der Waals surface area contributed by atoms with Crippen molar-refractivity contribution >= 4 is 11.4 Å². The topological polar surface area (TPSA) is 70.9 Å². The quantitative estimate of drug-likeness (QED) is 0.584. The zero-order valence-electron chi connectivity index (χ0n) is 18.5. The molecule has 3 heterocycles. The lowest BCUT2D eigenvalue weighted by Gasteiger charge is -2.48. The van der Waals surface area contributed by atoms with Gasteiger partial charge in [-0.05, 0) is 88.5 Å². The molecule has 3 fully saturated rings. The number of nitrogens with one attached hydrogen (secondary N) is 1. The van der Waals surface area contributed by atoms with Crippen molar-refractivity contribution in [1.29, 1.82) is 0 Å². The molecule has 0 unspecified atom stereocenters. The van der Waals surface area contributed by atoms with E-state index in [1.54, 1.807) is 6.07 Å². The molecule has 0 amide bonds. The fourth-order valence-corrected chi connectivity index (χ4v) is 5.67.